The third-order valence-corrected chi connectivity index (χ3v) is 6.96. The average molecular weight is 402 g/mol. The number of rotatable bonds is 5. The van der Waals surface area contributed by atoms with Gasteiger partial charge in [0, 0.05) is 35.1 Å². The minimum atomic E-state index is -3.61. The van der Waals surface area contributed by atoms with Gasteiger partial charge in [-0.05, 0) is 49.2 Å². The van der Waals surface area contributed by atoms with Crippen molar-refractivity contribution in [1.82, 2.24) is 9.29 Å². The first-order valence-corrected chi connectivity index (χ1v) is 10.3. The average Bonchev–Trinajstić information content (AvgIpc) is 3.35. The van der Waals surface area contributed by atoms with Gasteiger partial charge < -0.3 is 9.72 Å². The molecular formula is C20H19FN2O4S. The number of H-pyrrole nitrogens is 1. The summed E-state index contributed by atoms with van der Waals surface area (Å²) in [5.74, 6) is -0.0652. The van der Waals surface area contributed by atoms with E-state index in [0.717, 1.165) is 12.8 Å². The Morgan fingerprint density at radius 1 is 1.14 bits per heavy atom. The van der Waals surface area contributed by atoms with Crippen molar-refractivity contribution in [3.8, 4) is 17.0 Å². The molecule has 0 bridgehead atoms. The molecule has 8 heteroatoms. The van der Waals surface area contributed by atoms with Crippen molar-refractivity contribution in [3.05, 3.63) is 47.8 Å². The van der Waals surface area contributed by atoms with E-state index in [0.29, 0.717) is 47.3 Å². The monoisotopic (exact) mass is 402 g/mol. The molecule has 1 aliphatic heterocycles. The van der Waals surface area contributed by atoms with Gasteiger partial charge >= 0.3 is 0 Å². The molecule has 0 radical (unpaired) electrons. The van der Waals surface area contributed by atoms with E-state index in [4.69, 9.17) is 4.74 Å². The lowest BCUT2D eigenvalue weighted by atomic mass is 10.1. The molecule has 0 atom stereocenters. The highest BCUT2D eigenvalue weighted by atomic mass is 32.2. The van der Waals surface area contributed by atoms with Gasteiger partial charge in [0.25, 0.3) is 0 Å². The molecule has 2 aromatic carbocycles. The van der Waals surface area contributed by atoms with Gasteiger partial charge in [0.1, 0.15) is 11.6 Å². The van der Waals surface area contributed by atoms with Crippen molar-refractivity contribution in [3.63, 3.8) is 0 Å². The van der Waals surface area contributed by atoms with Crippen LogP contribution in [0.15, 0.2) is 41.3 Å². The number of nitrogens with one attached hydrogen (secondary N) is 1. The van der Waals surface area contributed by atoms with Gasteiger partial charge in [-0.3, -0.25) is 4.79 Å². The molecule has 1 saturated heterocycles. The number of benzene rings is 2. The third kappa shape index (κ3) is 2.98. The third-order valence-electron chi connectivity index (χ3n) is 5.06. The number of hydrogen-bond donors (Lipinski definition) is 1. The minimum Gasteiger partial charge on any atom is -0.496 e. The molecule has 28 heavy (non-hydrogen) atoms. The molecule has 0 saturated carbocycles. The van der Waals surface area contributed by atoms with Gasteiger partial charge in [0.2, 0.25) is 10.0 Å². The molecule has 0 aliphatic carbocycles. The lowest BCUT2D eigenvalue weighted by molar-refractivity contribution is 0.112. The number of aromatic nitrogens is 1. The highest BCUT2D eigenvalue weighted by Crippen LogP contribution is 2.36. The van der Waals surface area contributed by atoms with Crippen LogP contribution in [0.25, 0.3) is 22.2 Å². The Labute approximate surface area is 162 Å². The summed E-state index contributed by atoms with van der Waals surface area (Å²) in [6.07, 6.45) is 2.33. The fourth-order valence-corrected chi connectivity index (χ4v) is 5.18. The number of carbonyl (C=O) groups excluding carboxylic acids is 1. The molecule has 1 aromatic heterocycles. The number of nitrogens with zero attached hydrogens (tertiary/aromatic N) is 1. The molecule has 0 spiro atoms. The topological polar surface area (TPSA) is 79.5 Å². The molecular weight excluding hydrogens is 383 g/mol. The summed E-state index contributed by atoms with van der Waals surface area (Å²) in [7, 11) is -2.15. The van der Waals surface area contributed by atoms with Crippen LogP contribution in [0.1, 0.15) is 23.2 Å². The van der Waals surface area contributed by atoms with E-state index in [1.54, 1.807) is 6.07 Å². The van der Waals surface area contributed by atoms with Crippen molar-refractivity contribution in [2.24, 2.45) is 0 Å². The number of methoxy groups -OCH3 is 1. The van der Waals surface area contributed by atoms with E-state index >= 15 is 0 Å². The molecule has 0 unspecified atom stereocenters. The van der Waals surface area contributed by atoms with E-state index in [1.807, 2.05) is 0 Å². The lowest BCUT2D eigenvalue weighted by Gasteiger charge is -2.15. The fraction of sp³-hybridized carbons (Fsp3) is 0.250. The summed E-state index contributed by atoms with van der Waals surface area (Å²) in [6, 6.07) is 8.67. The van der Waals surface area contributed by atoms with E-state index < -0.39 is 15.8 Å². The summed E-state index contributed by atoms with van der Waals surface area (Å²) < 4.78 is 46.3. The number of fused-ring (bicyclic) bond motifs is 1. The van der Waals surface area contributed by atoms with Crippen LogP contribution in [0.2, 0.25) is 0 Å². The molecule has 1 aliphatic rings. The number of halogens is 1. The molecule has 1 N–H and O–H groups in total. The zero-order chi connectivity index (χ0) is 19.9. The zero-order valence-corrected chi connectivity index (χ0v) is 16.1. The van der Waals surface area contributed by atoms with Gasteiger partial charge in [0.05, 0.1) is 17.7 Å². The fourth-order valence-electron chi connectivity index (χ4n) is 3.64. The first-order chi connectivity index (χ1) is 13.5. The van der Waals surface area contributed by atoms with E-state index in [-0.39, 0.29) is 10.5 Å². The predicted molar refractivity (Wildman–Crippen MR) is 104 cm³/mol. The summed E-state index contributed by atoms with van der Waals surface area (Å²) in [5, 5.41) is 0.469. The van der Waals surface area contributed by atoms with E-state index in [2.05, 4.69) is 4.98 Å². The van der Waals surface area contributed by atoms with Gasteiger partial charge in [0.15, 0.2) is 6.29 Å². The van der Waals surface area contributed by atoms with Crippen LogP contribution in [0.3, 0.4) is 0 Å². The van der Waals surface area contributed by atoms with Crippen molar-refractivity contribution >= 4 is 27.2 Å². The van der Waals surface area contributed by atoms with Crippen molar-refractivity contribution < 1.29 is 22.3 Å². The van der Waals surface area contributed by atoms with Gasteiger partial charge in [-0.15, -0.1) is 0 Å². The lowest BCUT2D eigenvalue weighted by Crippen LogP contribution is -2.27. The summed E-state index contributed by atoms with van der Waals surface area (Å²) in [4.78, 5) is 15.1. The second-order valence-corrected chi connectivity index (χ2v) is 8.63. The van der Waals surface area contributed by atoms with Crippen LogP contribution in [0, 0.1) is 5.82 Å². The van der Waals surface area contributed by atoms with Gasteiger partial charge in [-0.2, -0.15) is 4.31 Å². The second-order valence-electron chi connectivity index (χ2n) is 6.69. The molecule has 3 aromatic rings. The Hall–Kier alpha value is -2.71. The Kier molecular flexibility index (Phi) is 4.68. The Balaban J connectivity index is 1.90. The maximum atomic E-state index is 13.8. The number of hydrogen-bond acceptors (Lipinski definition) is 4. The molecule has 6 nitrogen and oxygen atoms in total. The van der Waals surface area contributed by atoms with Gasteiger partial charge in [-0.25, -0.2) is 12.8 Å². The molecule has 4 rings (SSSR count). The molecule has 0 amide bonds. The number of ether oxygens (including phenoxy) is 1. The Bertz CT molecular complexity index is 1160. The first-order valence-electron chi connectivity index (χ1n) is 8.90. The molecule has 1 fully saturated rings. The number of carbonyl (C=O) groups is 1. The van der Waals surface area contributed by atoms with Gasteiger partial charge in [-0.1, -0.05) is 0 Å². The highest BCUT2D eigenvalue weighted by Gasteiger charge is 2.28. The van der Waals surface area contributed by atoms with E-state index in [1.165, 1.54) is 41.7 Å². The summed E-state index contributed by atoms with van der Waals surface area (Å²) in [5.41, 5.74) is 1.63. The Morgan fingerprint density at radius 3 is 2.57 bits per heavy atom. The highest BCUT2D eigenvalue weighted by molar-refractivity contribution is 7.89. The van der Waals surface area contributed by atoms with Crippen LogP contribution < -0.4 is 4.74 Å². The first kappa shape index (κ1) is 18.6. The van der Waals surface area contributed by atoms with Crippen molar-refractivity contribution in [2.75, 3.05) is 20.2 Å². The second kappa shape index (κ2) is 7.03. The van der Waals surface area contributed by atoms with Crippen LogP contribution in [-0.2, 0) is 10.0 Å². The largest absolute Gasteiger partial charge is 0.496 e. The number of sulfonamides is 1. The van der Waals surface area contributed by atoms with Crippen molar-refractivity contribution in [1.29, 1.82) is 0 Å². The number of aromatic amines is 1. The SMILES string of the molecule is COc1ccc(F)cc1-c1[nH]c2ccc(S(=O)(=O)N3CCCC3)cc2c1C=O. The Morgan fingerprint density at radius 2 is 1.89 bits per heavy atom. The zero-order valence-electron chi connectivity index (χ0n) is 15.2. The summed E-state index contributed by atoms with van der Waals surface area (Å²) >= 11 is 0. The maximum Gasteiger partial charge on any atom is 0.243 e. The minimum absolute atomic E-state index is 0.141. The summed E-state index contributed by atoms with van der Waals surface area (Å²) in [6.45, 7) is 1.000. The quantitative estimate of drug-likeness (QED) is 0.662. The van der Waals surface area contributed by atoms with E-state index in [9.17, 15) is 17.6 Å². The normalized spacial score (nSPS) is 15.2. The predicted octanol–water partition coefficient (Wildman–Crippen LogP) is 3.58. The van der Waals surface area contributed by atoms with Crippen molar-refractivity contribution in [2.45, 2.75) is 17.7 Å². The standard InChI is InChI=1S/C20H19FN2O4S/c1-27-19-7-4-13(21)10-16(19)20-17(12-24)15-11-14(5-6-18(15)22-20)28(25,26)23-8-2-3-9-23/h4-7,10-12,22H,2-3,8-9H2,1H3. The maximum absolute atomic E-state index is 13.8. The van der Waals surface area contributed by atoms with Crippen LogP contribution in [0.4, 0.5) is 4.39 Å². The molecule has 2 heterocycles. The van der Waals surface area contributed by atoms with Crippen LogP contribution in [-0.4, -0.2) is 44.2 Å². The van der Waals surface area contributed by atoms with Crippen LogP contribution in [0.5, 0.6) is 5.75 Å². The smallest absolute Gasteiger partial charge is 0.243 e. The number of aldehydes is 1. The van der Waals surface area contributed by atoms with Crippen LogP contribution >= 0.6 is 0 Å². The molecule has 146 valence electrons.